The van der Waals surface area contributed by atoms with Gasteiger partial charge in [0, 0.05) is 17.5 Å². The molecule has 2 heteroatoms. The van der Waals surface area contributed by atoms with Crippen LogP contribution in [-0.4, -0.2) is 6.61 Å². The Bertz CT molecular complexity index is 867. The van der Waals surface area contributed by atoms with Gasteiger partial charge in [-0.3, -0.25) is 0 Å². The fourth-order valence-corrected chi connectivity index (χ4v) is 3.07. The first-order valence-corrected chi connectivity index (χ1v) is 8.56. The monoisotopic (exact) mass is 328 g/mol. The third-order valence-corrected chi connectivity index (χ3v) is 4.33. The SMILES string of the molecule is C1=Cc2ccc(OCc3ccccc3)c(Cc3ccccc3)c2OC1. The fraction of sp³-hybridized carbons (Fsp3) is 0.130. The Labute approximate surface area is 148 Å². The lowest BCUT2D eigenvalue weighted by Crippen LogP contribution is -2.07. The second-order valence-electron chi connectivity index (χ2n) is 6.11. The molecule has 0 saturated carbocycles. The van der Waals surface area contributed by atoms with Gasteiger partial charge in [0.05, 0.1) is 0 Å². The minimum atomic E-state index is 0.553. The van der Waals surface area contributed by atoms with Gasteiger partial charge in [0.25, 0.3) is 0 Å². The van der Waals surface area contributed by atoms with Crippen molar-refractivity contribution < 1.29 is 9.47 Å². The molecule has 1 aliphatic rings. The summed E-state index contributed by atoms with van der Waals surface area (Å²) in [6, 6.07) is 24.8. The van der Waals surface area contributed by atoms with Gasteiger partial charge in [0.1, 0.15) is 24.7 Å². The van der Waals surface area contributed by atoms with Gasteiger partial charge in [-0.25, -0.2) is 0 Å². The molecule has 0 saturated heterocycles. The van der Waals surface area contributed by atoms with Gasteiger partial charge in [-0.15, -0.1) is 0 Å². The Hall–Kier alpha value is -3.00. The van der Waals surface area contributed by atoms with Crippen LogP contribution in [0.3, 0.4) is 0 Å². The maximum absolute atomic E-state index is 6.16. The van der Waals surface area contributed by atoms with Gasteiger partial charge in [-0.05, 0) is 29.3 Å². The van der Waals surface area contributed by atoms with Crippen LogP contribution in [0.15, 0.2) is 78.9 Å². The average molecular weight is 328 g/mol. The van der Waals surface area contributed by atoms with Crippen LogP contribution < -0.4 is 9.47 Å². The van der Waals surface area contributed by atoms with E-state index in [1.54, 1.807) is 0 Å². The third kappa shape index (κ3) is 3.58. The maximum Gasteiger partial charge on any atom is 0.134 e. The van der Waals surface area contributed by atoms with E-state index in [0.29, 0.717) is 13.2 Å². The van der Waals surface area contributed by atoms with Gasteiger partial charge in [-0.1, -0.05) is 66.7 Å². The van der Waals surface area contributed by atoms with E-state index in [1.807, 2.05) is 30.3 Å². The van der Waals surface area contributed by atoms with Crippen LogP contribution in [-0.2, 0) is 13.0 Å². The van der Waals surface area contributed by atoms with Crippen LogP contribution >= 0.6 is 0 Å². The third-order valence-electron chi connectivity index (χ3n) is 4.33. The zero-order chi connectivity index (χ0) is 16.9. The molecule has 4 rings (SSSR count). The van der Waals surface area contributed by atoms with Gasteiger partial charge in [-0.2, -0.15) is 0 Å². The molecule has 2 nitrogen and oxygen atoms in total. The van der Waals surface area contributed by atoms with Crippen molar-refractivity contribution in [3.05, 3.63) is 101 Å². The van der Waals surface area contributed by atoms with Crippen molar-refractivity contribution in [2.24, 2.45) is 0 Å². The van der Waals surface area contributed by atoms with Crippen molar-refractivity contribution in [2.75, 3.05) is 6.61 Å². The van der Waals surface area contributed by atoms with E-state index < -0.39 is 0 Å². The number of benzene rings is 3. The van der Waals surface area contributed by atoms with Crippen molar-refractivity contribution in [1.82, 2.24) is 0 Å². The number of hydrogen-bond donors (Lipinski definition) is 0. The summed E-state index contributed by atoms with van der Waals surface area (Å²) in [4.78, 5) is 0. The zero-order valence-corrected chi connectivity index (χ0v) is 14.0. The smallest absolute Gasteiger partial charge is 0.134 e. The molecule has 0 atom stereocenters. The lowest BCUT2D eigenvalue weighted by Gasteiger charge is -2.20. The van der Waals surface area contributed by atoms with Crippen molar-refractivity contribution in [3.8, 4) is 11.5 Å². The largest absolute Gasteiger partial charge is 0.488 e. The van der Waals surface area contributed by atoms with Crippen LogP contribution in [0.5, 0.6) is 11.5 Å². The predicted molar refractivity (Wildman–Crippen MR) is 101 cm³/mol. The molecule has 25 heavy (non-hydrogen) atoms. The van der Waals surface area contributed by atoms with Crippen molar-refractivity contribution in [1.29, 1.82) is 0 Å². The highest BCUT2D eigenvalue weighted by Gasteiger charge is 2.17. The van der Waals surface area contributed by atoms with E-state index in [2.05, 4.69) is 54.6 Å². The molecule has 0 amide bonds. The van der Waals surface area contributed by atoms with E-state index in [0.717, 1.165) is 34.6 Å². The Morgan fingerprint density at radius 1 is 0.800 bits per heavy atom. The molecule has 1 heterocycles. The van der Waals surface area contributed by atoms with Gasteiger partial charge in [0.2, 0.25) is 0 Å². The minimum Gasteiger partial charge on any atom is -0.488 e. The Kier molecular flexibility index (Phi) is 4.51. The molecule has 1 aliphatic heterocycles. The summed E-state index contributed by atoms with van der Waals surface area (Å²) >= 11 is 0. The van der Waals surface area contributed by atoms with E-state index in [-0.39, 0.29) is 0 Å². The van der Waals surface area contributed by atoms with Crippen LogP contribution in [0.25, 0.3) is 6.08 Å². The standard InChI is InChI=1S/C23H20O2/c1-3-8-18(9-4-1)16-21-22(25-17-19-10-5-2-6-11-19)14-13-20-12-7-15-24-23(20)21/h1-14H,15-17H2. The first-order chi connectivity index (χ1) is 12.4. The molecular formula is C23H20O2. The summed E-state index contributed by atoms with van der Waals surface area (Å²) in [6.45, 7) is 1.16. The first kappa shape index (κ1) is 15.5. The van der Waals surface area contributed by atoms with E-state index in [1.165, 1.54) is 5.56 Å². The molecule has 3 aromatic rings. The molecular weight excluding hydrogens is 308 g/mol. The summed E-state index contributed by atoms with van der Waals surface area (Å²) in [5.74, 6) is 1.83. The van der Waals surface area contributed by atoms with Gasteiger partial charge < -0.3 is 9.47 Å². The summed E-state index contributed by atoms with van der Waals surface area (Å²) in [7, 11) is 0. The molecule has 124 valence electrons. The van der Waals surface area contributed by atoms with Crippen LogP contribution in [0.1, 0.15) is 22.3 Å². The molecule has 0 fully saturated rings. The molecule has 0 N–H and O–H groups in total. The molecule has 0 radical (unpaired) electrons. The van der Waals surface area contributed by atoms with Crippen molar-refractivity contribution in [2.45, 2.75) is 13.0 Å². The second kappa shape index (κ2) is 7.27. The maximum atomic E-state index is 6.16. The molecule has 3 aromatic carbocycles. The van der Waals surface area contributed by atoms with Crippen molar-refractivity contribution >= 4 is 6.08 Å². The molecule has 0 unspecified atom stereocenters. The van der Waals surface area contributed by atoms with E-state index in [4.69, 9.17) is 9.47 Å². The summed E-state index contributed by atoms with van der Waals surface area (Å²) < 4.78 is 12.1. The highest BCUT2D eigenvalue weighted by Crippen LogP contribution is 2.37. The van der Waals surface area contributed by atoms with Crippen LogP contribution in [0, 0.1) is 0 Å². The highest BCUT2D eigenvalue weighted by molar-refractivity contribution is 5.65. The Morgan fingerprint density at radius 3 is 2.28 bits per heavy atom. The number of rotatable bonds is 5. The molecule has 0 bridgehead atoms. The quantitative estimate of drug-likeness (QED) is 0.636. The van der Waals surface area contributed by atoms with E-state index in [9.17, 15) is 0 Å². The molecule has 0 aromatic heterocycles. The first-order valence-electron chi connectivity index (χ1n) is 8.56. The average Bonchev–Trinajstić information content (AvgIpc) is 2.69. The number of hydrogen-bond acceptors (Lipinski definition) is 2. The second-order valence-corrected chi connectivity index (χ2v) is 6.11. The zero-order valence-electron chi connectivity index (χ0n) is 14.0. The van der Waals surface area contributed by atoms with Gasteiger partial charge >= 0.3 is 0 Å². The topological polar surface area (TPSA) is 18.5 Å². The van der Waals surface area contributed by atoms with Crippen molar-refractivity contribution in [3.63, 3.8) is 0 Å². The van der Waals surface area contributed by atoms with Gasteiger partial charge in [0.15, 0.2) is 0 Å². The molecule has 0 spiro atoms. The summed E-state index contributed by atoms with van der Waals surface area (Å²) in [5.41, 5.74) is 4.64. The Morgan fingerprint density at radius 2 is 1.52 bits per heavy atom. The highest BCUT2D eigenvalue weighted by atomic mass is 16.5. The van der Waals surface area contributed by atoms with Crippen LogP contribution in [0.2, 0.25) is 0 Å². The lowest BCUT2D eigenvalue weighted by atomic mass is 9.99. The normalized spacial score (nSPS) is 12.3. The number of ether oxygens (including phenoxy) is 2. The minimum absolute atomic E-state index is 0.553. The summed E-state index contributed by atoms with van der Waals surface area (Å²) in [5, 5.41) is 0. The summed E-state index contributed by atoms with van der Waals surface area (Å²) in [6.07, 6.45) is 4.95. The number of fused-ring (bicyclic) bond motifs is 1. The predicted octanol–water partition coefficient (Wildman–Crippen LogP) is 5.26. The lowest BCUT2D eigenvalue weighted by molar-refractivity contribution is 0.297. The Balaban J connectivity index is 1.66. The van der Waals surface area contributed by atoms with Crippen LogP contribution in [0.4, 0.5) is 0 Å². The van der Waals surface area contributed by atoms with E-state index >= 15 is 0 Å². The fourth-order valence-electron chi connectivity index (χ4n) is 3.07. The molecule has 0 aliphatic carbocycles.